The molecule has 1 fully saturated rings. The van der Waals surface area contributed by atoms with Crippen molar-refractivity contribution in [2.45, 2.75) is 52.5 Å². The Morgan fingerprint density at radius 1 is 1.24 bits per heavy atom. The van der Waals surface area contributed by atoms with Crippen molar-refractivity contribution in [2.24, 2.45) is 0 Å². The van der Waals surface area contributed by atoms with Crippen LogP contribution in [-0.4, -0.2) is 17.7 Å². The van der Waals surface area contributed by atoms with Gasteiger partial charge in [0.2, 0.25) is 0 Å². The normalized spacial score (nSPS) is 20.5. The Balaban J connectivity index is 2.20. The smallest absolute Gasteiger partial charge is 0.121 e. The Morgan fingerprint density at radius 3 is 2.65 bits per heavy atom. The van der Waals surface area contributed by atoms with Gasteiger partial charge in [-0.05, 0) is 68.8 Å². The molecule has 0 aliphatic carbocycles. The van der Waals surface area contributed by atoms with Crippen molar-refractivity contribution in [3.63, 3.8) is 0 Å². The summed E-state index contributed by atoms with van der Waals surface area (Å²) in [6, 6.07) is 2.76. The van der Waals surface area contributed by atoms with Crippen molar-refractivity contribution >= 4 is 0 Å². The molecule has 0 spiro atoms. The third-order valence-electron chi connectivity index (χ3n) is 4.04. The van der Waals surface area contributed by atoms with Crippen LogP contribution in [-0.2, 0) is 6.42 Å². The fraction of sp³-hybridized carbons (Fsp3) is 0.600. The molecule has 1 aliphatic rings. The van der Waals surface area contributed by atoms with E-state index in [4.69, 9.17) is 0 Å². The predicted octanol–water partition coefficient (Wildman–Crippen LogP) is 3.00. The molecule has 1 aromatic carbocycles. The second-order valence-electron chi connectivity index (χ2n) is 5.30. The number of nitrogens with one attached hydrogen (secondary N) is 1. The van der Waals surface area contributed by atoms with Gasteiger partial charge in [0.05, 0.1) is 0 Å². The number of hydrogen-bond donors (Lipinski definition) is 2. The lowest BCUT2D eigenvalue weighted by molar-refractivity contribution is 0.398. The molecule has 2 N–H and O–H groups in total. The van der Waals surface area contributed by atoms with Crippen LogP contribution in [0.15, 0.2) is 6.07 Å². The first-order valence-electron chi connectivity index (χ1n) is 6.61. The van der Waals surface area contributed by atoms with Gasteiger partial charge in [0.1, 0.15) is 5.75 Å². The number of benzene rings is 1. The summed E-state index contributed by atoms with van der Waals surface area (Å²) >= 11 is 0. The fourth-order valence-electron chi connectivity index (χ4n) is 2.73. The SMILES string of the molecule is Cc1cc(CC2CCCCN2)c(C)c(C)c1O. The van der Waals surface area contributed by atoms with Crippen LogP contribution in [0.25, 0.3) is 0 Å². The molecule has 1 atom stereocenters. The van der Waals surface area contributed by atoms with Crippen molar-refractivity contribution < 1.29 is 5.11 Å². The molecule has 17 heavy (non-hydrogen) atoms. The van der Waals surface area contributed by atoms with Gasteiger partial charge in [-0.3, -0.25) is 0 Å². The van der Waals surface area contributed by atoms with E-state index in [1.165, 1.54) is 30.4 Å². The van der Waals surface area contributed by atoms with Gasteiger partial charge in [0.15, 0.2) is 0 Å². The Morgan fingerprint density at radius 2 is 2.00 bits per heavy atom. The van der Waals surface area contributed by atoms with E-state index in [1.807, 2.05) is 13.8 Å². The Kier molecular flexibility index (Phi) is 3.72. The molecular weight excluding hydrogens is 210 g/mol. The van der Waals surface area contributed by atoms with Gasteiger partial charge in [-0.25, -0.2) is 0 Å². The van der Waals surface area contributed by atoms with Crippen LogP contribution in [0, 0.1) is 20.8 Å². The van der Waals surface area contributed by atoms with Crippen molar-refractivity contribution in [3.8, 4) is 5.75 Å². The van der Waals surface area contributed by atoms with Gasteiger partial charge in [-0.1, -0.05) is 12.5 Å². The number of aryl methyl sites for hydroxylation is 1. The third-order valence-corrected chi connectivity index (χ3v) is 4.04. The standard InChI is InChI=1S/C15H23NO/c1-10-8-13(11(2)12(3)15(10)17)9-14-6-4-5-7-16-14/h8,14,16-17H,4-7,9H2,1-3H3. The van der Waals surface area contributed by atoms with Gasteiger partial charge >= 0.3 is 0 Å². The average Bonchev–Trinajstić information content (AvgIpc) is 2.35. The molecule has 94 valence electrons. The zero-order valence-electron chi connectivity index (χ0n) is 11.1. The first-order chi connectivity index (χ1) is 8.09. The van der Waals surface area contributed by atoms with Crippen LogP contribution in [0.5, 0.6) is 5.75 Å². The molecule has 1 aliphatic heterocycles. The summed E-state index contributed by atoms with van der Waals surface area (Å²) in [7, 11) is 0. The Bertz CT molecular complexity index is 406. The van der Waals surface area contributed by atoms with Crippen LogP contribution >= 0.6 is 0 Å². The van der Waals surface area contributed by atoms with Crippen LogP contribution in [0.3, 0.4) is 0 Å². The lowest BCUT2D eigenvalue weighted by atomic mass is 9.91. The molecule has 1 saturated heterocycles. The highest BCUT2D eigenvalue weighted by molar-refractivity contribution is 5.48. The first-order valence-corrected chi connectivity index (χ1v) is 6.61. The second kappa shape index (κ2) is 5.09. The van der Waals surface area contributed by atoms with Crippen LogP contribution < -0.4 is 5.32 Å². The first kappa shape index (κ1) is 12.4. The monoisotopic (exact) mass is 233 g/mol. The zero-order chi connectivity index (χ0) is 12.4. The van der Waals surface area contributed by atoms with E-state index in [2.05, 4.69) is 18.3 Å². The molecule has 1 aromatic rings. The minimum Gasteiger partial charge on any atom is -0.507 e. The van der Waals surface area contributed by atoms with Crippen molar-refractivity contribution in [1.29, 1.82) is 0 Å². The second-order valence-corrected chi connectivity index (χ2v) is 5.30. The lowest BCUT2D eigenvalue weighted by Gasteiger charge is -2.25. The van der Waals surface area contributed by atoms with E-state index >= 15 is 0 Å². The maximum absolute atomic E-state index is 9.90. The summed E-state index contributed by atoms with van der Waals surface area (Å²) in [5, 5.41) is 13.5. The third kappa shape index (κ3) is 2.63. The van der Waals surface area contributed by atoms with Gasteiger partial charge in [-0.15, -0.1) is 0 Å². The molecule has 2 heteroatoms. The number of piperidine rings is 1. The molecule has 0 radical (unpaired) electrons. The van der Waals surface area contributed by atoms with Crippen LogP contribution in [0.2, 0.25) is 0 Å². The summed E-state index contributed by atoms with van der Waals surface area (Å²) < 4.78 is 0. The van der Waals surface area contributed by atoms with Gasteiger partial charge in [0.25, 0.3) is 0 Å². The van der Waals surface area contributed by atoms with Gasteiger partial charge in [-0.2, -0.15) is 0 Å². The topological polar surface area (TPSA) is 32.3 Å². The summed E-state index contributed by atoms with van der Waals surface area (Å²) in [4.78, 5) is 0. The largest absolute Gasteiger partial charge is 0.507 e. The molecule has 1 heterocycles. The predicted molar refractivity (Wildman–Crippen MR) is 71.7 cm³/mol. The average molecular weight is 233 g/mol. The minimum atomic E-state index is 0.461. The highest BCUT2D eigenvalue weighted by Gasteiger charge is 2.16. The fourth-order valence-corrected chi connectivity index (χ4v) is 2.73. The number of aromatic hydroxyl groups is 1. The summed E-state index contributed by atoms with van der Waals surface area (Å²) in [6.45, 7) is 7.27. The highest BCUT2D eigenvalue weighted by atomic mass is 16.3. The molecule has 0 saturated carbocycles. The van der Waals surface area contributed by atoms with Gasteiger partial charge in [0, 0.05) is 6.04 Å². The van der Waals surface area contributed by atoms with Crippen molar-refractivity contribution in [3.05, 3.63) is 28.3 Å². The minimum absolute atomic E-state index is 0.461. The molecule has 2 nitrogen and oxygen atoms in total. The summed E-state index contributed by atoms with van der Waals surface area (Å²) in [5.41, 5.74) is 4.67. The van der Waals surface area contributed by atoms with E-state index in [0.717, 1.165) is 24.1 Å². The van der Waals surface area contributed by atoms with Gasteiger partial charge < -0.3 is 10.4 Å². The van der Waals surface area contributed by atoms with Crippen LogP contribution in [0.4, 0.5) is 0 Å². The quantitative estimate of drug-likeness (QED) is 0.823. The molecule has 2 rings (SSSR count). The van der Waals surface area contributed by atoms with E-state index in [0.29, 0.717) is 11.8 Å². The molecule has 0 aromatic heterocycles. The van der Waals surface area contributed by atoms with E-state index < -0.39 is 0 Å². The summed E-state index contributed by atoms with van der Waals surface area (Å²) in [5.74, 6) is 0.461. The maximum Gasteiger partial charge on any atom is 0.121 e. The summed E-state index contributed by atoms with van der Waals surface area (Å²) in [6.07, 6.45) is 5.02. The number of phenolic OH excluding ortho intramolecular Hbond substituents is 1. The van der Waals surface area contributed by atoms with E-state index in [9.17, 15) is 5.11 Å². The van der Waals surface area contributed by atoms with E-state index in [1.54, 1.807) is 0 Å². The van der Waals surface area contributed by atoms with Crippen LogP contribution in [0.1, 0.15) is 41.5 Å². The Hall–Kier alpha value is -1.02. The molecule has 1 unspecified atom stereocenters. The number of hydrogen-bond acceptors (Lipinski definition) is 2. The molecule has 0 bridgehead atoms. The lowest BCUT2D eigenvalue weighted by Crippen LogP contribution is -2.35. The highest BCUT2D eigenvalue weighted by Crippen LogP contribution is 2.28. The zero-order valence-corrected chi connectivity index (χ0v) is 11.1. The number of phenols is 1. The van der Waals surface area contributed by atoms with Crippen molar-refractivity contribution in [2.75, 3.05) is 6.54 Å². The maximum atomic E-state index is 9.90. The van der Waals surface area contributed by atoms with E-state index in [-0.39, 0.29) is 0 Å². The number of rotatable bonds is 2. The van der Waals surface area contributed by atoms with Crippen molar-refractivity contribution in [1.82, 2.24) is 5.32 Å². The molecule has 0 amide bonds. The molecular formula is C15H23NO. The Labute approximate surface area is 104 Å².